The van der Waals surface area contributed by atoms with Crippen molar-refractivity contribution in [1.29, 1.82) is 0 Å². The summed E-state index contributed by atoms with van der Waals surface area (Å²) in [7, 11) is 0. The molecule has 0 unspecified atom stereocenters. The average Bonchev–Trinajstić information content (AvgIpc) is 3.50. The topological polar surface area (TPSA) is 109 Å². The highest BCUT2D eigenvalue weighted by molar-refractivity contribution is 5.85. The van der Waals surface area contributed by atoms with Gasteiger partial charge in [0, 0.05) is 30.8 Å². The van der Waals surface area contributed by atoms with Crippen LogP contribution in [0.4, 0.5) is 8.78 Å². The van der Waals surface area contributed by atoms with Crippen LogP contribution in [0.5, 0.6) is 0 Å². The summed E-state index contributed by atoms with van der Waals surface area (Å²) in [5, 5.41) is 0. The van der Waals surface area contributed by atoms with Crippen molar-refractivity contribution in [3.63, 3.8) is 0 Å². The van der Waals surface area contributed by atoms with Gasteiger partial charge in [-0.05, 0) is 37.8 Å². The van der Waals surface area contributed by atoms with Gasteiger partial charge in [-0.2, -0.15) is 19.2 Å². The lowest BCUT2D eigenvalue weighted by Crippen LogP contribution is -2.35. The summed E-state index contributed by atoms with van der Waals surface area (Å²) in [6.07, 6.45) is 1.92. The van der Waals surface area contributed by atoms with Gasteiger partial charge in [0.25, 0.3) is 0 Å². The van der Waals surface area contributed by atoms with Crippen LogP contribution in [0.3, 0.4) is 0 Å². The number of carbonyl (C=O) groups excluding carboxylic acids is 6. The fourth-order valence-electron chi connectivity index (χ4n) is 5.74. The van der Waals surface area contributed by atoms with E-state index in [1.807, 2.05) is 105 Å². The lowest BCUT2D eigenvalue weighted by atomic mass is 9.78. The Kier molecular flexibility index (Phi) is 15.9. The van der Waals surface area contributed by atoms with Crippen LogP contribution >= 0.6 is 0 Å². The Labute approximate surface area is 252 Å². The van der Waals surface area contributed by atoms with E-state index in [1.54, 1.807) is 0 Å². The van der Waals surface area contributed by atoms with Crippen molar-refractivity contribution in [1.82, 2.24) is 9.80 Å². The van der Waals surface area contributed by atoms with Crippen molar-refractivity contribution in [2.75, 3.05) is 26.4 Å². The summed E-state index contributed by atoms with van der Waals surface area (Å²) in [4.78, 5) is 61.0. The smallest absolute Gasteiger partial charge is 0.335 e. The second-order valence-corrected chi connectivity index (χ2v) is 10.8. The molecule has 2 aliphatic heterocycles. The Balaban J connectivity index is 0.000000364. The number of rotatable bonds is 8. The van der Waals surface area contributed by atoms with E-state index in [0.717, 1.165) is 17.5 Å². The minimum Gasteiger partial charge on any atom is -0.335 e. The SMILES string of the molecule is CC[C@@H]1C(=O)N([C@H](C)c2ccccc2)C[C@H]1CF.CC[C@@]1(C)C(=O)N([C@H](C)c2ccccc2)C[C@H]1CF.O=C=O.O=C=O. The molecule has 2 fully saturated rings. The molecule has 2 aromatic carbocycles. The van der Waals surface area contributed by atoms with Crippen molar-refractivity contribution in [3.8, 4) is 0 Å². The molecule has 2 heterocycles. The minimum atomic E-state index is -0.544. The zero-order chi connectivity index (χ0) is 32.6. The molecular formula is C33H42F2N2O6. The van der Waals surface area contributed by atoms with Crippen LogP contribution in [0.15, 0.2) is 60.7 Å². The fraction of sp³-hybridized carbons (Fsp3) is 0.515. The number of amides is 2. The van der Waals surface area contributed by atoms with Crippen LogP contribution < -0.4 is 0 Å². The monoisotopic (exact) mass is 600 g/mol. The zero-order valence-corrected chi connectivity index (χ0v) is 25.5. The summed E-state index contributed by atoms with van der Waals surface area (Å²) in [5.41, 5.74) is 1.67. The third kappa shape index (κ3) is 9.24. The van der Waals surface area contributed by atoms with Crippen molar-refractivity contribution in [2.24, 2.45) is 23.2 Å². The van der Waals surface area contributed by atoms with Crippen LogP contribution in [0.2, 0.25) is 0 Å². The van der Waals surface area contributed by atoms with E-state index in [9.17, 15) is 18.4 Å². The molecule has 4 rings (SSSR count). The lowest BCUT2D eigenvalue weighted by molar-refractivity contribution is -0.193. The Morgan fingerprint density at radius 3 is 1.56 bits per heavy atom. The van der Waals surface area contributed by atoms with Gasteiger partial charge < -0.3 is 9.80 Å². The highest BCUT2D eigenvalue weighted by Gasteiger charge is 2.50. The molecule has 10 heteroatoms. The number of halogens is 2. The van der Waals surface area contributed by atoms with E-state index in [2.05, 4.69) is 0 Å². The van der Waals surface area contributed by atoms with E-state index in [-0.39, 0.29) is 54.0 Å². The van der Waals surface area contributed by atoms with Gasteiger partial charge in [0.2, 0.25) is 11.8 Å². The Hall–Kier alpha value is -4.00. The van der Waals surface area contributed by atoms with Gasteiger partial charge >= 0.3 is 12.3 Å². The van der Waals surface area contributed by atoms with E-state index in [4.69, 9.17) is 19.2 Å². The van der Waals surface area contributed by atoms with Gasteiger partial charge in [0.05, 0.1) is 30.8 Å². The van der Waals surface area contributed by atoms with Gasteiger partial charge in [0.15, 0.2) is 0 Å². The molecule has 2 amide bonds. The first-order chi connectivity index (χ1) is 20.6. The molecule has 0 saturated carbocycles. The fourth-order valence-corrected chi connectivity index (χ4v) is 5.74. The normalized spacial score (nSPS) is 23.7. The first kappa shape index (κ1) is 37.0. The molecule has 43 heavy (non-hydrogen) atoms. The van der Waals surface area contributed by atoms with Crippen LogP contribution in [0, 0.1) is 23.2 Å². The molecule has 0 bridgehead atoms. The van der Waals surface area contributed by atoms with Crippen LogP contribution in [-0.2, 0) is 28.8 Å². The minimum absolute atomic E-state index is 0.0103. The maximum atomic E-state index is 13.2. The zero-order valence-electron chi connectivity index (χ0n) is 25.5. The molecule has 2 aliphatic rings. The van der Waals surface area contributed by atoms with Crippen molar-refractivity contribution in [3.05, 3.63) is 71.8 Å². The number of likely N-dealkylation sites (tertiary alicyclic amines) is 2. The van der Waals surface area contributed by atoms with Crippen molar-refractivity contribution < 1.29 is 37.5 Å². The standard InChI is InChI=1S/C16H22FNO.C15H20FNO.2CO2/c1-4-16(3)14(10-17)11-18(15(16)19)12(2)13-8-6-5-7-9-13;1-3-14-13(9-16)10-17(15(14)18)11(2)12-7-5-4-6-8-12;2*2-1-3/h5-9,12,14H,4,10-11H2,1-3H3;4-8,11,13-14H,3,9-10H2,1-2H3;;/t12-,14-,16-;11-,13-,14+;;/m11../s1. The molecule has 0 N–H and O–H groups in total. The maximum Gasteiger partial charge on any atom is 0.373 e. The number of alkyl halides is 2. The molecule has 0 radical (unpaired) electrons. The Morgan fingerprint density at radius 2 is 1.23 bits per heavy atom. The summed E-state index contributed by atoms with van der Waals surface area (Å²) in [5.74, 6) is -0.253. The van der Waals surface area contributed by atoms with E-state index < -0.39 is 18.8 Å². The molecule has 0 aromatic heterocycles. The second-order valence-electron chi connectivity index (χ2n) is 10.8. The van der Waals surface area contributed by atoms with Crippen LogP contribution in [-0.4, -0.2) is 60.4 Å². The molecule has 2 saturated heterocycles. The lowest BCUT2D eigenvalue weighted by Gasteiger charge is -2.28. The third-order valence-corrected chi connectivity index (χ3v) is 8.73. The first-order valence-corrected chi connectivity index (χ1v) is 14.4. The number of carbonyl (C=O) groups is 2. The number of nitrogens with zero attached hydrogens (tertiary/aromatic N) is 2. The van der Waals surface area contributed by atoms with E-state index in [1.165, 1.54) is 0 Å². The quantitative estimate of drug-likeness (QED) is 0.389. The highest BCUT2D eigenvalue weighted by atomic mass is 19.1. The summed E-state index contributed by atoms with van der Waals surface area (Å²) in [6, 6.07) is 19.9. The first-order valence-electron chi connectivity index (χ1n) is 14.4. The van der Waals surface area contributed by atoms with Gasteiger partial charge in [-0.25, -0.2) is 0 Å². The highest BCUT2D eigenvalue weighted by Crippen LogP contribution is 2.43. The molecule has 234 valence electrons. The number of hydrogen-bond donors (Lipinski definition) is 0. The van der Waals surface area contributed by atoms with Crippen LogP contribution in [0.25, 0.3) is 0 Å². The van der Waals surface area contributed by atoms with Gasteiger partial charge in [0.1, 0.15) is 0 Å². The van der Waals surface area contributed by atoms with E-state index in [0.29, 0.717) is 19.5 Å². The Morgan fingerprint density at radius 1 is 0.791 bits per heavy atom. The predicted octanol–water partition coefficient (Wildman–Crippen LogP) is 5.63. The third-order valence-electron chi connectivity index (χ3n) is 8.73. The largest absolute Gasteiger partial charge is 0.373 e. The van der Waals surface area contributed by atoms with Gasteiger partial charge in [-0.1, -0.05) is 81.4 Å². The summed E-state index contributed by atoms with van der Waals surface area (Å²) < 4.78 is 26.2. The molecule has 2 aromatic rings. The van der Waals surface area contributed by atoms with Crippen molar-refractivity contribution >= 4 is 24.1 Å². The molecule has 6 atom stereocenters. The molecule has 0 spiro atoms. The number of hydrogen-bond acceptors (Lipinski definition) is 6. The molecular weight excluding hydrogens is 558 g/mol. The van der Waals surface area contributed by atoms with Gasteiger partial charge in [-0.3, -0.25) is 18.4 Å². The van der Waals surface area contributed by atoms with E-state index >= 15 is 0 Å². The average molecular weight is 601 g/mol. The summed E-state index contributed by atoms with van der Waals surface area (Å²) >= 11 is 0. The molecule has 8 nitrogen and oxygen atoms in total. The predicted molar refractivity (Wildman–Crippen MR) is 154 cm³/mol. The molecule has 0 aliphatic carbocycles. The van der Waals surface area contributed by atoms with Gasteiger partial charge in [-0.15, -0.1) is 0 Å². The number of benzene rings is 2. The van der Waals surface area contributed by atoms with Crippen molar-refractivity contribution in [2.45, 2.75) is 59.5 Å². The Bertz CT molecular complexity index is 1190. The maximum absolute atomic E-state index is 13.2. The summed E-state index contributed by atoms with van der Waals surface area (Å²) in [6.45, 7) is 10.1. The second kappa shape index (κ2) is 18.5. The van der Waals surface area contributed by atoms with Crippen LogP contribution in [0.1, 0.15) is 70.7 Å².